The van der Waals surface area contributed by atoms with Crippen LogP contribution in [-0.2, 0) is 5.41 Å². The van der Waals surface area contributed by atoms with Crippen LogP contribution in [-0.4, -0.2) is 23.6 Å². The third-order valence-corrected chi connectivity index (χ3v) is 3.93. The molecule has 1 aliphatic carbocycles. The molecule has 0 aliphatic heterocycles. The maximum Gasteiger partial charge on any atom is 0.137 e. The van der Waals surface area contributed by atoms with Crippen molar-refractivity contribution < 1.29 is 0 Å². The first-order chi connectivity index (χ1) is 8.27. The molecule has 1 aromatic rings. The Balaban J connectivity index is 2.19. The number of hydrogen-bond acceptors (Lipinski definition) is 3. The van der Waals surface area contributed by atoms with E-state index < -0.39 is 0 Å². The van der Waals surface area contributed by atoms with Gasteiger partial charge in [-0.1, -0.05) is 27.7 Å². The molecule has 3 nitrogen and oxygen atoms in total. The molecule has 0 saturated heterocycles. The van der Waals surface area contributed by atoms with Gasteiger partial charge in [-0.3, -0.25) is 0 Å². The van der Waals surface area contributed by atoms with E-state index in [4.69, 9.17) is 4.98 Å². The summed E-state index contributed by atoms with van der Waals surface area (Å²) in [5.74, 6) is 3.62. The smallest absolute Gasteiger partial charge is 0.137 e. The van der Waals surface area contributed by atoms with Gasteiger partial charge in [-0.15, -0.1) is 0 Å². The predicted octanol–water partition coefficient (Wildman–Crippen LogP) is 3.63. The molecule has 1 fully saturated rings. The molecule has 0 spiro atoms. The van der Waals surface area contributed by atoms with E-state index in [1.807, 2.05) is 6.07 Å². The molecule has 1 heterocycles. The summed E-state index contributed by atoms with van der Waals surface area (Å²) >= 11 is 3.49. The Bertz CT molecular complexity index is 439. The van der Waals surface area contributed by atoms with Gasteiger partial charge in [0.05, 0.1) is 0 Å². The van der Waals surface area contributed by atoms with E-state index in [1.165, 1.54) is 6.42 Å². The Morgan fingerprint density at radius 1 is 1.39 bits per heavy atom. The molecule has 100 valence electrons. The molecule has 0 radical (unpaired) electrons. The van der Waals surface area contributed by atoms with Gasteiger partial charge < -0.3 is 4.90 Å². The quantitative estimate of drug-likeness (QED) is 0.798. The first kappa shape index (κ1) is 13.8. The van der Waals surface area contributed by atoms with E-state index in [9.17, 15) is 0 Å². The first-order valence-electron chi connectivity index (χ1n) is 6.53. The highest BCUT2D eigenvalue weighted by molar-refractivity contribution is 9.10. The third kappa shape index (κ3) is 3.22. The minimum Gasteiger partial charge on any atom is -0.359 e. The largest absolute Gasteiger partial charge is 0.359 e. The maximum absolute atomic E-state index is 4.70. The van der Waals surface area contributed by atoms with E-state index in [-0.39, 0.29) is 5.41 Å². The predicted molar refractivity (Wildman–Crippen MR) is 79.0 cm³/mol. The van der Waals surface area contributed by atoms with Crippen LogP contribution in [0.4, 0.5) is 5.82 Å². The highest BCUT2D eigenvalue weighted by Gasteiger charge is 2.33. The number of nitrogens with zero attached hydrogens (tertiary/aromatic N) is 3. The van der Waals surface area contributed by atoms with E-state index in [1.54, 1.807) is 0 Å². The number of halogens is 1. The van der Waals surface area contributed by atoms with Gasteiger partial charge in [0.2, 0.25) is 0 Å². The van der Waals surface area contributed by atoms with Gasteiger partial charge >= 0.3 is 0 Å². The van der Waals surface area contributed by atoms with Crippen LogP contribution >= 0.6 is 15.9 Å². The zero-order valence-electron chi connectivity index (χ0n) is 11.9. The SMILES string of the molecule is CC1CC1CN(C)c1cc(Br)nc(C(C)(C)C)n1. The molecule has 2 atom stereocenters. The summed E-state index contributed by atoms with van der Waals surface area (Å²) < 4.78 is 0.869. The molecular weight excluding hydrogens is 290 g/mol. The second-order valence-electron chi connectivity index (χ2n) is 6.48. The van der Waals surface area contributed by atoms with Gasteiger partial charge in [-0.25, -0.2) is 9.97 Å². The lowest BCUT2D eigenvalue weighted by Gasteiger charge is -2.22. The normalized spacial score (nSPS) is 23.0. The van der Waals surface area contributed by atoms with E-state index >= 15 is 0 Å². The van der Waals surface area contributed by atoms with Crippen molar-refractivity contribution in [2.75, 3.05) is 18.5 Å². The molecular formula is C14H22BrN3. The topological polar surface area (TPSA) is 29.0 Å². The Morgan fingerprint density at radius 3 is 2.50 bits per heavy atom. The van der Waals surface area contributed by atoms with Crippen molar-refractivity contribution in [1.29, 1.82) is 0 Å². The van der Waals surface area contributed by atoms with E-state index in [2.05, 4.69) is 60.6 Å². The Labute approximate surface area is 118 Å². The first-order valence-corrected chi connectivity index (χ1v) is 7.33. The van der Waals surface area contributed by atoms with Gasteiger partial charge in [0, 0.05) is 25.1 Å². The Hall–Kier alpha value is -0.640. The maximum atomic E-state index is 4.70. The summed E-state index contributed by atoms with van der Waals surface area (Å²) in [6, 6.07) is 2.00. The molecule has 0 N–H and O–H groups in total. The minimum absolute atomic E-state index is 0.0216. The van der Waals surface area contributed by atoms with Gasteiger partial charge in [0.25, 0.3) is 0 Å². The lowest BCUT2D eigenvalue weighted by Crippen LogP contribution is -2.24. The van der Waals surface area contributed by atoms with Gasteiger partial charge in [0.1, 0.15) is 16.2 Å². The molecule has 2 rings (SSSR count). The van der Waals surface area contributed by atoms with Crippen LogP contribution in [0.5, 0.6) is 0 Å². The summed E-state index contributed by atoms with van der Waals surface area (Å²) in [6.07, 6.45) is 1.35. The number of rotatable bonds is 3. The van der Waals surface area contributed by atoms with Crippen LogP contribution in [0, 0.1) is 11.8 Å². The van der Waals surface area contributed by atoms with Gasteiger partial charge in [-0.2, -0.15) is 0 Å². The zero-order chi connectivity index (χ0) is 13.5. The van der Waals surface area contributed by atoms with Crippen molar-refractivity contribution >= 4 is 21.7 Å². The van der Waals surface area contributed by atoms with Gasteiger partial charge in [0.15, 0.2) is 0 Å². The highest BCUT2D eigenvalue weighted by atomic mass is 79.9. The van der Waals surface area contributed by atoms with Crippen molar-refractivity contribution in [2.45, 2.75) is 39.5 Å². The lowest BCUT2D eigenvalue weighted by molar-refractivity contribution is 0.542. The Kier molecular flexibility index (Phi) is 3.67. The molecule has 1 saturated carbocycles. The summed E-state index contributed by atoms with van der Waals surface area (Å²) in [5, 5.41) is 0. The fraction of sp³-hybridized carbons (Fsp3) is 0.714. The van der Waals surface area contributed by atoms with Crippen LogP contribution < -0.4 is 4.90 Å². The Morgan fingerprint density at radius 2 is 2.00 bits per heavy atom. The van der Waals surface area contributed by atoms with Crippen LogP contribution in [0.15, 0.2) is 10.7 Å². The zero-order valence-corrected chi connectivity index (χ0v) is 13.5. The molecule has 2 unspecified atom stereocenters. The number of hydrogen-bond donors (Lipinski definition) is 0. The summed E-state index contributed by atoms with van der Waals surface area (Å²) in [6.45, 7) is 9.83. The van der Waals surface area contributed by atoms with Crippen molar-refractivity contribution in [3.8, 4) is 0 Å². The monoisotopic (exact) mass is 311 g/mol. The molecule has 0 amide bonds. The highest BCUT2D eigenvalue weighted by Crippen LogP contribution is 2.38. The van der Waals surface area contributed by atoms with Crippen molar-refractivity contribution in [3.63, 3.8) is 0 Å². The number of aromatic nitrogens is 2. The van der Waals surface area contributed by atoms with E-state index in [0.29, 0.717) is 0 Å². The fourth-order valence-electron chi connectivity index (χ4n) is 2.04. The summed E-state index contributed by atoms with van der Waals surface area (Å²) in [7, 11) is 2.12. The standard InChI is InChI=1S/C14H22BrN3/c1-9-6-10(9)8-18(5)12-7-11(15)16-13(17-12)14(2,3)4/h7,9-10H,6,8H2,1-5H3. The van der Waals surface area contributed by atoms with Crippen LogP contribution in [0.1, 0.15) is 39.9 Å². The van der Waals surface area contributed by atoms with Crippen molar-refractivity contribution in [2.24, 2.45) is 11.8 Å². The third-order valence-electron chi connectivity index (χ3n) is 3.53. The molecule has 18 heavy (non-hydrogen) atoms. The van der Waals surface area contributed by atoms with Gasteiger partial charge in [-0.05, 0) is 34.2 Å². The van der Waals surface area contributed by atoms with Crippen LogP contribution in [0.2, 0.25) is 0 Å². The molecule has 4 heteroatoms. The van der Waals surface area contributed by atoms with Crippen LogP contribution in [0.25, 0.3) is 0 Å². The molecule has 0 aromatic carbocycles. The van der Waals surface area contributed by atoms with E-state index in [0.717, 1.165) is 34.6 Å². The molecule has 1 aromatic heterocycles. The average molecular weight is 312 g/mol. The van der Waals surface area contributed by atoms with Crippen LogP contribution in [0.3, 0.4) is 0 Å². The lowest BCUT2D eigenvalue weighted by atomic mass is 9.96. The number of anilines is 1. The summed E-state index contributed by atoms with van der Waals surface area (Å²) in [4.78, 5) is 11.4. The fourth-order valence-corrected chi connectivity index (χ4v) is 2.41. The summed E-state index contributed by atoms with van der Waals surface area (Å²) in [5.41, 5.74) is -0.0216. The average Bonchev–Trinajstić information content (AvgIpc) is 2.92. The minimum atomic E-state index is -0.0216. The molecule has 0 bridgehead atoms. The molecule has 1 aliphatic rings. The second kappa shape index (κ2) is 4.80. The second-order valence-corrected chi connectivity index (χ2v) is 7.29. The van der Waals surface area contributed by atoms with Crippen molar-refractivity contribution in [1.82, 2.24) is 9.97 Å². The van der Waals surface area contributed by atoms with Crippen molar-refractivity contribution in [3.05, 3.63) is 16.5 Å².